The van der Waals surface area contributed by atoms with Gasteiger partial charge in [0.25, 0.3) is 5.91 Å². The largest absolute Gasteiger partial charge is 0.482 e. The van der Waals surface area contributed by atoms with E-state index in [9.17, 15) is 4.79 Å². The molecular formula is C13H16BrNO2. The number of nitrogens with one attached hydrogen (secondary N) is 1. The van der Waals surface area contributed by atoms with E-state index in [1.807, 2.05) is 12.1 Å². The third kappa shape index (κ3) is 3.46. The predicted octanol–water partition coefficient (Wildman–Crippen LogP) is 3.12. The fraction of sp³-hybridized carbons (Fsp3) is 0.462. The summed E-state index contributed by atoms with van der Waals surface area (Å²) in [5.41, 5.74) is 2.04. The van der Waals surface area contributed by atoms with Gasteiger partial charge >= 0.3 is 0 Å². The molecule has 1 N–H and O–H groups in total. The van der Waals surface area contributed by atoms with Gasteiger partial charge in [-0.15, -0.1) is 0 Å². The van der Waals surface area contributed by atoms with Gasteiger partial charge in [-0.05, 0) is 37.0 Å². The number of benzene rings is 1. The van der Waals surface area contributed by atoms with Crippen LogP contribution in [0.15, 0.2) is 18.2 Å². The second-order valence-electron chi connectivity index (χ2n) is 4.34. The molecule has 92 valence electrons. The number of alkyl halides is 1. The number of amides is 1. The van der Waals surface area contributed by atoms with Crippen LogP contribution < -0.4 is 10.1 Å². The standard InChI is InChI=1S/C13H16BrNO2/c1-9(14)3-2-4-10-5-6-12-11(7-10)15-13(16)8-17-12/h5-7,9H,2-4,8H2,1H3,(H,15,16)/t9-/m0/s1. The molecule has 1 aromatic rings. The molecule has 0 unspecified atom stereocenters. The first-order valence-corrected chi connectivity index (χ1v) is 6.76. The van der Waals surface area contributed by atoms with E-state index in [1.54, 1.807) is 0 Å². The van der Waals surface area contributed by atoms with E-state index in [0.717, 1.165) is 30.7 Å². The summed E-state index contributed by atoms with van der Waals surface area (Å²) in [5.74, 6) is 0.686. The van der Waals surface area contributed by atoms with Crippen molar-refractivity contribution < 1.29 is 9.53 Å². The fourth-order valence-electron chi connectivity index (χ4n) is 1.87. The highest BCUT2D eigenvalue weighted by molar-refractivity contribution is 9.09. The maximum Gasteiger partial charge on any atom is 0.262 e. The molecule has 0 aromatic heterocycles. The van der Waals surface area contributed by atoms with Gasteiger partial charge in [0.1, 0.15) is 5.75 Å². The van der Waals surface area contributed by atoms with Crippen molar-refractivity contribution in [3.63, 3.8) is 0 Å². The van der Waals surface area contributed by atoms with Crippen molar-refractivity contribution in [2.75, 3.05) is 11.9 Å². The molecule has 0 aliphatic carbocycles. The Hall–Kier alpha value is -1.03. The summed E-state index contributed by atoms with van der Waals surface area (Å²) >= 11 is 3.54. The molecule has 4 heteroatoms. The number of carbonyl (C=O) groups is 1. The summed E-state index contributed by atoms with van der Waals surface area (Å²) in [6.07, 6.45) is 3.32. The normalized spacial score (nSPS) is 15.8. The van der Waals surface area contributed by atoms with Crippen molar-refractivity contribution >= 4 is 27.5 Å². The van der Waals surface area contributed by atoms with E-state index in [0.29, 0.717) is 4.83 Å². The van der Waals surface area contributed by atoms with Crippen LogP contribution >= 0.6 is 15.9 Å². The Bertz CT molecular complexity index is 418. The highest BCUT2D eigenvalue weighted by Crippen LogP contribution is 2.29. The molecule has 0 fully saturated rings. The Balaban J connectivity index is 2.00. The summed E-state index contributed by atoms with van der Waals surface area (Å²) in [4.78, 5) is 11.8. The maximum atomic E-state index is 11.2. The molecular weight excluding hydrogens is 282 g/mol. The molecule has 0 radical (unpaired) electrons. The van der Waals surface area contributed by atoms with Crippen LogP contribution in [0.2, 0.25) is 0 Å². The number of carbonyl (C=O) groups excluding carboxylic acids is 1. The number of anilines is 1. The zero-order chi connectivity index (χ0) is 12.3. The summed E-state index contributed by atoms with van der Waals surface area (Å²) in [6.45, 7) is 2.27. The lowest BCUT2D eigenvalue weighted by Crippen LogP contribution is -2.25. The van der Waals surface area contributed by atoms with E-state index in [2.05, 4.69) is 34.2 Å². The van der Waals surface area contributed by atoms with Crippen LogP contribution in [-0.4, -0.2) is 17.3 Å². The Morgan fingerprint density at radius 2 is 2.35 bits per heavy atom. The molecule has 1 heterocycles. The van der Waals surface area contributed by atoms with E-state index in [4.69, 9.17) is 4.74 Å². The zero-order valence-corrected chi connectivity index (χ0v) is 11.4. The third-order valence-corrected chi connectivity index (χ3v) is 3.20. The van der Waals surface area contributed by atoms with Crippen molar-refractivity contribution in [1.82, 2.24) is 0 Å². The van der Waals surface area contributed by atoms with Crippen LogP contribution in [0.25, 0.3) is 0 Å². The van der Waals surface area contributed by atoms with Crippen molar-refractivity contribution in [2.24, 2.45) is 0 Å². The van der Waals surface area contributed by atoms with Gasteiger partial charge in [-0.2, -0.15) is 0 Å². The first-order chi connectivity index (χ1) is 8.15. The van der Waals surface area contributed by atoms with Gasteiger partial charge < -0.3 is 10.1 Å². The molecule has 1 aromatic carbocycles. The number of ether oxygens (including phenoxy) is 1. The monoisotopic (exact) mass is 297 g/mol. The van der Waals surface area contributed by atoms with Gasteiger partial charge in [-0.1, -0.05) is 28.9 Å². The van der Waals surface area contributed by atoms with Gasteiger partial charge in [-0.3, -0.25) is 4.79 Å². The zero-order valence-electron chi connectivity index (χ0n) is 9.83. The number of hydrogen-bond donors (Lipinski definition) is 1. The second-order valence-corrected chi connectivity index (χ2v) is 5.90. The first-order valence-electron chi connectivity index (χ1n) is 5.85. The molecule has 2 rings (SSSR count). The summed E-state index contributed by atoms with van der Waals surface area (Å²) in [5, 5.41) is 2.83. The minimum absolute atomic E-state index is 0.0799. The quantitative estimate of drug-likeness (QED) is 0.867. The Morgan fingerprint density at radius 3 is 3.12 bits per heavy atom. The number of hydrogen-bond acceptors (Lipinski definition) is 2. The van der Waals surface area contributed by atoms with Crippen molar-refractivity contribution in [3.05, 3.63) is 23.8 Å². The lowest BCUT2D eigenvalue weighted by molar-refractivity contribution is -0.118. The predicted molar refractivity (Wildman–Crippen MR) is 71.9 cm³/mol. The Labute approximate surface area is 110 Å². The summed E-state index contributed by atoms with van der Waals surface area (Å²) in [7, 11) is 0. The van der Waals surface area contributed by atoms with E-state index < -0.39 is 0 Å². The lowest BCUT2D eigenvalue weighted by atomic mass is 10.1. The summed E-state index contributed by atoms with van der Waals surface area (Å²) in [6, 6.07) is 6.00. The third-order valence-electron chi connectivity index (χ3n) is 2.74. The summed E-state index contributed by atoms with van der Waals surface area (Å²) < 4.78 is 5.31. The van der Waals surface area contributed by atoms with E-state index in [1.165, 1.54) is 5.56 Å². The van der Waals surface area contributed by atoms with Gasteiger partial charge in [0.05, 0.1) is 5.69 Å². The molecule has 0 bridgehead atoms. The molecule has 1 atom stereocenters. The molecule has 0 saturated heterocycles. The van der Waals surface area contributed by atoms with Crippen LogP contribution in [0, 0.1) is 0 Å². The fourth-order valence-corrected chi connectivity index (χ4v) is 2.20. The molecule has 1 aliphatic rings. The van der Waals surface area contributed by atoms with Gasteiger partial charge in [0.15, 0.2) is 6.61 Å². The van der Waals surface area contributed by atoms with Crippen molar-refractivity contribution in [2.45, 2.75) is 31.0 Å². The van der Waals surface area contributed by atoms with Crippen molar-refractivity contribution in [3.8, 4) is 5.75 Å². The Morgan fingerprint density at radius 1 is 1.53 bits per heavy atom. The number of aryl methyl sites for hydroxylation is 1. The molecule has 0 spiro atoms. The highest BCUT2D eigenvalue weighted by Gasteiger charge is 2.15. The van der Waals surface area contributed by atoms with Crippen LogP contribution in [0.5, 0.6) is 5.75 Å². The van der Waals surface area contributed by atoms with Crippen LogP contribution in [0.1, 0.15) is 25.3 Å². The van der Waals surface area contributed by atoms with Crippen LogP contribution in [-0.2, 0) is 11.2 Å². The highest BCUT2D eigenvalue weighted by atomic mass is 79.9. The lowest BCUT2D eigenvalue weighted by Gasteiger charge is -2.18. The first kappa shape index (κ1) is 12.4. The van der Waals surface area contributed by atoms with Crippen LogP contribution in [0.4, 0.5) is 5.69 Å². The van der Waals surface area contributed by atoms with E-state index in [-0.39, 0.29) is 12.5 Å². The average Bonchev–Trinajstić information content (AvgIpc) is 2.28. The molecule has 1 amide bonds. The number of halogens is 1. The van der Waals surface area contributed by atoms with Gasteiger partial charge in [0.2, 0.25) is 0 Å². The molecule has 3 nitrogen and oxygen atoms in total. The van der Waals surface area contributed by atoms with Crippen molar-refractivity contribution in [1.29, 1.82) is 0 Å². The minimum atomic E-state index is -0.0799. The molecule has 0 saturated carbocycles. The van der Waals surface area contributed by atoms with Crippen LogP contribution in [0.3, 0.4) is 0 Å². The number of rotatable bonds is 4. The SMILES string of the molecule is C[C@H](Br)CCCc1ccc2c(c1)NC(=O)CO2. The topological polar surface area (TPSA) is 38.3 Å². The Kier molecular flexibility index (Phi) is 4.05. The van der Waals surface area contributed by atoms with Gasteiger partial charge in [0, 0.05) is 4.83 Å². The molecule has 17 heavy (non-hydrogen) atoms. The maximum absolute atomic E-state index is 11.2. The van der Waals surface area contributed by atoms with E-state index >= 15 is 0 Å². The smallest absolute Gasteiger partial charge is 0.262 e. The average molecular weight is 298 g/mol. The minimum Gasteiger partial charge on any atom is -0.482 e. The second kappa shape index (κ2) is 5.54. The molecule has 1 aliphatic heterocycles. The van der Waals surface area contributed by atoms with Gasteiger partial charge in [-0.25, -0.2) is 0 Å². The number of fused-ring (bicyclic) bond motifs is 1.